The van der Waals surface area contributed by atoms with Crippen LogP contribution in [0, 0.1) is 15.3 Å². The molecule has 0 atom stereocenters. The van der Waals surface area contributed by atoms with Gasteiger partial charge in [0.2, 0.25) is 0 Å². The summed E-state index contributed by atoms with van der Waals surface area (Å²) in [7, 11) is 1.36. The van der Waals surface area contributed by atoms with Crippen LogP contribution in [-0.2, 0) is 6.54 Å². The molecule has 0 amide bonds. The van der Waals surface area contributed by atoms with Gasteiger partial charge in [-0.05, 0) is 12.1 Å². The standard InChI is InChI=1S/C15H14N2O4/c1-21-15-8-7-13(9-14(15)17(19)20)11-16(18)10-12-5-3-2-4-6-12/h2-9,11H,10H2,1H3/b16-11-. The Balaban J connectivity index is 2.24. The minimum absolute atomic E-state index is 0.164. The van der Waals surface area contributed by atoms with Crippen LogP contribution in [0.2, 0.25) is 0 Å². The number of nitro groups is 1. The maximum Gasteiger partial charge on any atom is 0.311 e. The van der Waals surface area contributed by atoms with Gasteiger partial charge in [0.15, 0.2) is 18.5 Å². The fraction of sp³-hybridized carbons (Fsp3) is 0.133. The van der Waals surface area contributed by atoms with Crippen molar-refractivity contribution in [2.45, 2.75) is 6.54 Å². The molecule has 2 rings (SSSR count). The highest BCUT2D eigenvalue weighted by Crippen LogP contribution is 2.26. The Bertz CT molecular complexity index is 669. The molecule has 21 heavy (non-hydrogen) atoms. The molecule has 0 aliphatic heterocycles. The van der Waals surface area contributed by atoms with E-state index in [1.54, 1.807) is 6.07 Å². The van der Waals surface area contributed by atoms with Crippen molar-refractivity contribution in [3.63, 3.8) is 0 Å². The lowest BCUT2D eigenvalue weighted by Crippen LogP contribution is -2.06. The van der Waals surface area contributed by atoms with Gasteiger partial charge in [-0.2, -0.15) is 0 Å². The first-order valence-corrected chi connectivity index (χ1v) is 6.25. The summed E-state index contributed by atoms with van der Waals surface area (Å²) >= 11 is 0. The van der Waals surface area contributed by atoms with Crippen molar-refractivity contribution >= 4 is 11.9 Å². The third kappa shape index (κ3) is 3.79. The van der Waals surface area contributed by atoms with Crippen LogP contribution in [0.25, 0.3) is 0 Å². The predicted octanol–water partition coefficient (Wildman–Crippen LogP) is 2.73. The van der Waals surface area contributed by atoms with Gasteiger partial charge in [0.25, 0.3) is 0 Å². The van der Waals surface area contributed by atoms with E-state index in [9.17, 15) is 15.3 Å². The van der Waals surface area contributed by atoms with Crippen LogP contribution in [0.15, 0.2) is 48.5 Å². The number of hydrogen-bond acceptors (Lipinski definition) is 4. The van der Waals surface area contributed by atoms with Crippen molar-refractivity contribution in [1.82, 2.24) is 0 Å². The van der Waals surface area contributed by atoms with E-state index in [1.165, 1.54) is 25.5 Å². The van der Waals surface area contributed by atoms with E-state index in [-0.39, 0.29) is 18.0 Å². The normalized spacial score (nSPS) is 11.2. The molecule has 6 heteroatoms. The molecule has 6 nitrogen and oxygen atoms in total. The second-order valence-electron chi connectivity index (χ2n) is 4.38. The number of hydrogen-bond donors (Lipinski definition) is 0. The predicted molar refractivity (Wildman–Crippen MR) is 78.6 cm³/mol. The van der Waals surface area contributed by atoms with Gasteiger partial charge in [0.05, 0.1) is 12.0 Å². The third-order valence-electron chi connectivity index (χ3n) is 2.87. The summed E-state index contributed by atoms with van der Waals surface area (Å²) in [5.74, 6) is 0.164. The Kier molecular flexibility index (Phi) is 4.50. The van der Waals surface area contributed by atoms with Crippen LogP contribution in [-0.4, -0.2) is 23.0 Å². The molecule has 2 aromatic carbocycles. The molecule has 108 valence electrons. The summed E-state index contributed by atoms with van der Waals surface area (Å²) in [6, 6.07) is 13.6. The van der Waals surface area contributed by atoms with Crippen molar-refractivity contribution < 1.29 is 14.4 Å². The fourth-order valence-corrected chi connectivity index (χ4v) is 1.91. The van der Waals surface area contributed by atoms with Crippen molar-refractivity contribution in [2.24, 2.45) is 0 Å². The number of nitrogens with zero attached hydrogens (tertiary/aromatic N) is 2. The molecule has 0 bridgehead atoms. The lowest BCUT2D eigenvalue weighted by molar-refractivity contribution is -0.469. The number of ether oxygens (including phenoxy) is 1. The second kappa shape index (κ2) is 6.51. The minimum Gasteiger partial charge on any atom is -0.624 e. The SMILES string of the molecule is COc1ccc(/C=[N+](\[O-])Cc2ccccc2)cc1[N+](=O)[O-]. The van der Waals surface area contributed by atoms with Gasteiger partial charge in [0, 0.05) is 17.2 Å². The van der Waals surface area contributed by atoms with Crippen LogP contribution in [0.4, 0.5) is 5.69 Å². The summed E-state index contributed by atoms with van der Waals surface area (Å²) in [6.45, 7) is 0.181. The third-order valence-corrected chi connectivity index (χ3v) is 2.87. The molecule has 0 radical (unpaired) electrons. The van der Waals surface area contributed by atoms with Gasteiger partial charge in [-0.1, -0.05) is 30.3 Å². The van der Waals surface area contributed by atoms with Gasteiger partial charge in [-0.3, -0.25) is 10.1 Å². The molecule has 0 saturated carbocycles. The number of rotatable bonds is 5. The van der Waals surface area contributed by atoms with E-state index in [2.05, 4.69) is 0 Å². The first-order valence-electron chi connectivity index (χ1n) is 6.25. The number of nitro benzene ring substituents is 1. The molecule has 2 aromatic rings. The number of methoxy groups -OCH3 is 1. The van der Waals surface area contributed by atoms with Crippen molar-refractivity contribution in [2.75, 3.05) is 7.11 Å². The van der Waals surface area contributed by atoms with Crippen molar-refractivity contribution in [3.8, 4) is 5.75 Å². The summed E-state index contributed by atoms with van der Waals surface area (Å²) in [4.78, 5) is 10.4. The van der Waals surface area contributed by atoms with E-state index in [0.29, 0.717) is 5.56 Å². The highest BCUT2D eigenvalue weighted by atomic mass is 16.6. The summed E-state index contributed by atoms with van der Waals surface area (Å²) in [5.41, 5.74) is 1.15. The van der Waals surface area contributed by atoms with E-state index < -0.39 is 4.92 Å². The van der Waals surface area contributed by atoms with Crippen LogP contribution in [0.3, 0.4) is 0 Å². The van der Waals surface area contributed by atoms with E-state index in [0.717, 1.165) is 10.3 Å². The Morgan fingerprint density at radius 2 is 1.86 bits per heavy atom. The molecule has 0 spiro atoms. The van der Waals surface area contributed by atoms with E-state index in [4.69, 9.17) is 4.74 Å². The first kappa shape index (κ1) is 14.5. The van der Waals surface area contributed by atoms with E-state index in [1.807, 2.05) is 30.3 Å². The summed E-state index contributed by atoms with van der Waals surface area (Å²) in [5, 5.41) is 22.8. The molecule has 0 heterocycles. The molecule has 0 aliphatic carbocycles. The smallest absolute Gasteiger partial charge is 0.311 e. The molecule has 0 aromatic heterocycles. The van der Waals surface area contributed by atoms with E-state index >= 15 is 0 Å². The Morgan fingerprint density at radius 3 is 2.48 bits per heavy atom. The zero-order valence-corrected chi connectivity index (χ0v) is 11.4. The lowest BCUT2D eigenvalue weighted by atomic mass is 10.2. The molecule has 0 unspecified atom stereocenters. The maximum atomic E-state index is 11.9. The molecule has 0 saturated heterocycles. The monoisotopic (exact) mass is 286 g/mol. The van der Waals surface area contributed by atoms with Gasteiger partial charge < -0.3 is 9.94 Å². The second-order valence-corrected chi connectivity index (χ2v) is 4.38. The zero-order valence-electron chi connectivity index (χ0n) is 11.4. The van der Waals surface area contributed by atoms with Gasteiger partial charge in [-0.15, -0.1) is 0 Å². The summed E-state index contributed by atoms with van der Waals surface area (Å²) in [6.07, 6.45) is 1.32. The van der Waals surface area contributed by atoms with Crippen molar-refractivity contribution in [1.29, 1.82) is 0 Å². The topological polar surface area (TPSA) is 78.4 Å². The highest BCUT2D eigenvalue weighted by Gasteiger charge is 2.15. The minimum atomic E-state index is -0.539. The average Bonchev–Trinajstić information content (AvgIpc) is 2.48. The van der Waals surface area contributed by atoms with Crippen LogP contribution in [0.1, 0.15) is 11.1 Å². The van der Waals surface area contributed by atoms with Crippen LogP contribution >= 0.6 is 0 Å². The Hall–Kier alpha value is -2.89. The molecular formula is C15H14N2O4. The molecular weight excluding hydrogens is 272 g/mol. The molecule has 0 aliphatic rings. The fourth-order valence-electron chi connectivity index (χ4n) is 1.91. The average molecular weight is 286 g/mol. The number of benzene rings is 2. The molecule has 0 fully saturated rings. The highest BCUT2D eigenvalue weighted by molar-refractivity contribution is 5.78. The summed E-state index contributed by atoms with van der Waals surface area (Å²) < 4.78 is 5.65. The quantitative estimate of drug-likeness (QED) is 0.278. The zero-order chi connectivity index (χ0) is 15.2. The Labute approximate surface area is 121 Å². The van der Waals surface area contributed by atoms with Crippen molar-refractivity contribution in [3.05, 3.63) is 75.0 Å². The molecule has 0 N–H and O–H groups in total. The largest absolute Gasteiger partial charge is 0.624 e. The maximum absolute atomic E-state index is 11.9. The van der Waals surface area contributed by atoms with Crippen LogP contribution < -0.4 is 4.74 Å². The number of hydroxylamine groups is 1. The Morgan fingerprint density at radius 1 is 1.14 bits per heavy atom. The van der Waals surface area contributed by atoms with Gasteiger partial charge in [-0.25, -0.2) is 4.74 Å². The van der Waals surface area contributed by atoms with Gasteiger partial charge in [0.1, 0.15) is 0 Å². The lowest BCUT2D eigenvalue weighted by Gasteiger charge is -2.05. The first-order chi connectivity index (χ1) is 10.1. The van der Waals surface area contributed by atoms with Gasteiger partial charge >= 0.3 is 5.69 Å². The van der Waals surface area contributed by atoms with Crippen LogP contribution in [0.5, 0.6) is 5.75 Å².